The quantitative estimate of drug-likeness (QED) is 0.885. The molecule has 0 aliphatic carbocycles. The molecule has 20 heavy (non-hydrogen) atoms. The summed E-state index contributed by atoms with van der Waals surface area (Å²) in [6, 6.07) is 8.56. The van der Waals surface area contributed by atoms with Crippen molar-refractivity contribution < 1.29 is 8.42 Å². The topological polar surface area (TPSA) is 72.2 Å². The van der Waals surface area contributed by atoms with Crippen LogP contribution in [0.25, 0.3) is 0 Å². The Hall–Kier alpha value is -1.08. The first-order chi connectivity index (χ1) is 9.42. The van der Waals surface area contributed by atoms with Crippen LogP contribution in [0.4, 0.5) is 5.69 Å². The number of nitrogens with two attached hydrogens (primary N) is 1. The van der Waals surface area contributed by atoms with Crippen molar-refractivity contribution in [3.63, 3.8) is 0 Å². The van der Waals surface area contributed by atoms with Gasteiger partial charge in [0.1, 0.15) is 4.21 Å². The van der Waals surface area contributed by atoms with Gasteiger partial charge in [0, 0.05) is 4.88 Å². The van der Waals surface area contributed by atoms with E-state index < -0.39 is 10.0 Å². The number of anilines is 1. The first kappa shape index (κ1) is 15.3. The molecular weight excluding hydrogens is 316 g/mol. The number of rotatable bonds is 5. The van der Waals surface area contributed by atoms with Gasteiger partial charge in [0.2, 0.25) is 0 Å². The van der Waals surface area contributed by atoms with Gasteiger partial charge < -0.3 is 5.73 Å². The van der Waals surface area contributed by atoms with Crippen LogP contribution in [-0.4, -0.2) is 15.0 Å². The predicted molar refractivity (Wildman–Crippen MR) is 84.1 cm³/mol. The summed E-state index contributed by atoms with van der Waals surface area (Å²) in [5.41, 5.74) is 6.78. The Balaban J connectivity index is 2.28. The zero-order valence-electron chi connectivity index (χ0n) is 10.9. The van der Waals surface area contributed by atoms with Gasteiger partial charge in [0.25, 0.3) is 10.0 Å². The minimum Gasteiger partial charge on any atom is -0.330 e. The lowest BCUT2D eigenvalue weighted by Crippen LogP contribution is -2.11. The van der Waals surface area contributed by atoms with Gasteiger partial charge in [0.15, 0.2) is 0 Å². The lowest BCUT2D eigenvalue weighted by molar-refractivity contribution is 0.603. The molecule has 0 saturated carbocycles. The van der Waals surface area contributed by atoms with Gasteiger partial charge in [-0.05, 0) is 49.7 Å². The maximum atomic E-state index is 12.3. The van der Waals surface area contributed by atoms with E-state index in [1.807, 2.05) is 13.0 Å². The molecule has 0 aliphatic heterocycles. The summed E-state index contributed by atoms with van der Waals surface area (Å²) in [5.74, 6) is 0. The van der Waals surface area contributed by atoms with Crippen molar-refractivity contribution in [1.29, 1.82) is 0 Å². The molecular formula is C13H15ClN2O2S2. The van der Waals surface area contributed by atoms with E-state index in [9.17, 15) is 8.42 Å². The lowest BCUT2D eigenvalue weighted by atomic mass is 10.2. The van der Waals surface area contributed by atoms with E-state index in [2.05, 4.69) is 4.72 Å². The van der Waals surface area contributed by atoms with Gasteiger partial charge >= 0.3 is 0 Å². The molecule has 4 nitrogen and oxygen atoms in total. The standard InChI is InChI=1S/C13H15ClN2O2S2/c1-9-2-4-11(14)12(8-9)16-20(17,18)13-5-3-10(19-13)6-7-15/h2-5,8,16H,6-7,15H2,1H3. The number of hydrogen-bond donors (Lipinski definition) is 2. The van der Waals surface area contributed by atoms with Crippen LogP contribution >= 0.6 is 22.9 Å². The number of thiophene rings is 1. The molecule has 0 saturated heterocycles. The molecule has 7 heteroatoms. The highest BCUT2D eigenvalue weighted by Crippen LogP contribution is 2.28. The average molecular weight is 331 g/mol. The van der Waals surface area contributed by atoms with Crippen LogP contribution in [0.1, 0.15) is 10.4 Å². The predicted octanol–water partition coefficient (Wildman–Crippen LogP) is 3.01. The second-order valence-electron chi connectivity index (χ2n) is 4.35. The molecule has 0 atom stereocenters. The summed E-state index contributed by atoms with van der Waals surface area (Å²) in [5, 5.41) is 0.373. The molecule has 2 rings (SSSR count). The van der Waals surface area contributed by atoms with E-state index >= 15 is 0 Å². The molecule has 2 aromatic rings. The largest absolute Gasteiger partial charge is 0.330 e. The van der Waals surface area contributed by atoms with E-state index in [0.717, 1.165) is 10.4 Å². The van der Waals surface area contributed by atoms with Gasteiger partial charge in [-0.2, -0.15) is 0 Å². The van der Waals surface area contributed by atoms with Crippen molar-refractivity contribution in [2.75, 3.05) is 11.3 Å². The van der Waals surface area contributed by atoms with Gasteiger partial charge in [-0.15, -0.1) is 11.3 Å². The SMILES string of the molecule is Cc1ccc(Cl)c(NS(=O)(=O)c2ccc(CCN)s2)c1. The molecule has 0 aliphatic rings. The number of aryl methyl sites for hydroxylation is 1. The maximum absolute atomic E-state index is 12.3. The van der Waals surface area contributed by atoms with Gasteiger partial charge in [-0.1, -0.05) is 17.7 Å². The van der Waals surface area contributed by atoms with Crippen LogP contribution in [0.2, 0.25) is 5.02 Å². The Bertz CT molecular complexity index is 711. The third kappa shape index (κ3) is 3.52. The number of nitrogens with one attached hydrogen (secondary N) is 1. The number of hydrogen-bond acceptors (Lipinski definition) is 4. The van der Waals surface area contributed by atoms with Crippen molar-refractivity contribution in [2.24, 2.45) is 5.73 Å². The number of benzene rings is 1. The van der Waals surface area contributed by atoms with E-state index in [1.165, 1.54) is 11.3 Å². The average Bonchev–Trinajstić information content (AvgIpc) is 2.83. The minimum atomic E-state index is -3.61. The van der Waals surface area contributed by atoms with Crippen LogP contribution in [0, 0.1) is 6.92 Å². The van der Waals surface area contributed by atoms with E-state index in [0.29, 0.717) is 23.7 Å². The molecule has 0 unspecified atom stereocenters. The molecule has 108 valence electrons. The summed E-state index contributed by atoms with van der Waals surface area (Å²) in [6.45, 7) is 2.37. The van der Waals surface area contributed by atoms with Gasteiger partial charge in [-0.25, -0.2) is 8.42 Å². The zero-order chi connectivity index (χ0) is 14.8. The van der Waals surface area contributed by atoms with Crippen molar-refractivity contribution in [3.8, 4) is 0 Å². The first-order valence-corrected chi connectivity index (χ1v) is 8.68. The van der Waals surface area contributed by atoms with E-state index in [-0.39, 0.29) is 4.21 Å². The lowest BCUT2D eigenvalue weighted by Gasteiger charge is -2.08. The highest BCUT2D eigenvalue weighted by Gasteiger charge is 2.18. The zero-order valence-corrected chi connectivity index (χ0v) is 13.3. The van der Waals surface area contributed by atoms with Crippen molar-refractivity contribution in [3.05, 3.63) is 45.8 Å². The molecule has 1 aromatic carbocycles. The third-order valence-corrected chi connectivity index (χ3v) is 5.99. The number of sulfonamides is 1. The fourth-order valence-electron chi connectivity index (χ4n) is 1.69. The second-order valence-corrected chi connectivity index (χ2v) is 7.83. The fraction of sp³-hybridized carbons (Fsp3) is 0.231. The van der Waals surface area contributed by atoms with Crippen molar-refractivity contribution in [2.45, 2.75) is 17.6 Å². The number of halogens is 1. The van der Waals surface area contributed by atoms with E-state index in [4.69, 9.17) is 17.3 Å². The highest BCUT2D eigenvalue weighted by molar-refractivity contribution is 7.94. The van der Waals surface area contributed by atoms with Gasteiger partial charge in [-0.3, -0.25) is 4.72 Å². The Morgan fingerprint density at radius 1 is 1.30 bits per heavy atom. The smallest absolute Gasteiger partial charge is 0.271 e. The molecule has 1 aromatic heterocycles. The normalized spacial score (nSPS) is 11.6. The summed E-state index contributed by atoms with van der Waals surface area (Å²) >= 11 is 7.22. The molecule has 0 radical (unpaired) electrons. The molecule has 0 amide bonds. The Morgan fingerprint density at radius 2 is 2.05 bits per heavy atom. The van der Waals surface area contributed by atoms with Crippen LogP contribution in [0.5, 0.6) is 0 Å². The van der Waals surface area contributed by atoms with Crippen LogP contribution in [0.15, 0.2) is 34.5 Å². The Morgan fingerprint density at radius 3 is 2.75 bits per heavy atom. The summed E-state index contributed by atoms with van der Waals surface area (Å²) in [7, 11) is -3.61. The molecule has 1 heterocycles. The Labute approximate surface area is 127 Å². The van der Waals surface area contributed by atoms with Crippen LogP contribution in [0.3, 0.4) is 0 Å². The summed E-state index contributed by atoms with van der Waals surface area (Å²) < 4.78 is 27.4. The first-order valence-electron chi connectivity index (χ1n) is 6.00. The fourth-order valence-corrected chi connectivity index (χ4v) is 4.35. The van der Waals surface area contributed by atoms with Gasteiger partial charge in [0.05, 0.1) is 10.7 Å². The van der Waals surface area contributed by atoms with Crippen molar-refractivity contribution in [1.82, 2.24) is 0 Å². The van der Waals surface area contributed by atoms with Crippen LogP contribution < -0.4 is 10.5 Å². The maximum Gasteiger partial charge on any atom is 0.271 e. The third-order valence-electron chi connectivity index (χ3n) is 2.66. The molecule has 3 N–H and O–H groups in total. The van der Waals surface area contributed by atoms with E-state index in [1.54, 1.807) is 24.3 Å². The summed E-state index contributed by atoms with van der Waals surface area (Å²) in [4.78, 5) is 0.947. The monoisotopic (exact) mass is 330 g/mol. The molecule has 0 spiro atoms. The summed E-state index contributed by atoms with van der Waals surface area (Å²) in [6.07, 6.45) is 0.672. The minimum absolute atomic E-state index is 0.263. The molecule has 0 fully saturated rings. The van der Waals surface area contributed by atoms with Crippen molar-refractivity contribution >= 4 is 38.6 Å². The molecule has 0 bridgehead atoms. The van der Waals surface area contributed by atoms with Crippen LogP contribution in [-0.2, 0) is 16.4 Å². The highest BCUT2D eigenvalue weighted by atomic mass is 35.5. The second kappa shape index (κ2) is 6.13. The Kier molecular flexibility index (Phi) is 4.70.